The Labute approximate surface area is 161 Å². The van der Waals surface area contributed by atoms with Crippen LogP contribution in [0.2, 0.25) is 0 Å². The number of hydrogen-bond donors (Lipinski definition) is 1. The summed E-state index contributed by atoms with van der Waals surface area (Å²) in [4.78, 5) is 20.3. The third kappa shape index (κ3) is 4.08. The minimum atomic E-state index is -0.804. The van der Waals surface area contributed by atoms with Crippen molar-refractivity contribution in [2.24, 2.45) is 0 Å². The quantitative estimate of drug-likeness (QED) is 0.880. The van der Waals surface area contributed by atoms with Gasteiger partial charge in [-0.3, -0.25) is 9.88 Å². The van der Waals surface area contributed by atoms with Crippen LogP contribution in [0.4, 0.5) is 4.79 Å². The zero-order chi connectivity index (χ0) is 19.4. The van der Waals surface area contributed by atoms with Gasteiger partial charge >= 0.3 is 6.09 Å². The molecular formula is C21H30N4O2. The van der Waals surface area contributed by atoms with Gasteiger partial charge in [-0.1, -0.05) is 13.0 Å². The number of carboxylic acid groups (broad SMARTS) is 1. The Balaban J connectivity index is 1.69. The molecule has 1 saturated carbocycles. The van der Waals surface area contributed by atoms with Crippen LogP contribution in [0.5, 0.6) is 0 Å². The van der Waals surface area contributed by atoms with Crippen molar-refractivity contribution in [2.45, 2.75) is 69.9 Å². The molecule has 0 aromatic carbocycles. The second-order valence-electron chi connectivity index (χ2n) is 7.98. The summed E-state index contributed by atoms with van der Waals surface area (Å²) in [5.74, 6) is 0. The molecule has 2 heterocycles. The van der Waals surface area contributed by atoms with E-state index in [2.05, 4.69) is 22.9 Å². The van der Waals surface area contributed by atoms with Crippen molar-refractivity contribution in [3.8, 4) is 6.07 Å². The highest BCUT2D eigenvalue weighted by Crippen LogP contribution is 2.40. The van der Waals surface area contributed by atoms with E-state index in [1.165, 1.54) is 0 Å². The lowest BCUT2D eigenvalue weighted by Gasteiger charge is -2.40. The zero-order valence-corrected chi connectivity index (χ0v) is 16.4. The van der Waals surface area contributed by atoms with E-state index in [9.17, 15) is 15.2 Å². The average molecular weight is 370 g/mol. The lowest BCUT2D eigenvalue weighted by molar-refractivity contribution is 0.101. The molecule has 1 unspecified atom stereocenters. The van der Waals surface area contributed by atoms with Gasteiger partial charge in [-0.25, -0.2) is 4.79 Å². The lowest BCUT2D eigenvalue weighted by Crippen LogP contribution is -2.48. The highest BCUT2D eigenvalue weighted by Gasteiger charge is 2.41. The monoisotopic (exact) mass is 370 g/mol. The fourth-order valence-electron chi connectivity index (χ4n) is 4.72. The smallest absolute Gasteiger partial charge is 0.407 e. The van der Waals surface area contributed by atoms with E-state index in [0.717, 1.165) is 63.0 Å². The molecule has 1 aliphatic carbocycles. The van der Waals surface area contributed by atoms with Gasteiger partial charge in [0.25, 0.3) is 0 Å². The van der Waals surface area contributed by atoms with Gasteiger partial charge in [0.05, 0.1) is 17.2 Å². The Morgan fingerprint density at radius 3 is 2.70 bits per heavy atom. The number of aryl methyl sites for hydroxylation is 1. The first-order valence-electron chi connectivity index (χ1n) is 10.1. The molecule has 6 heteroatoms. The minimum Gasteiger partial charge on any atom is -0.465 e. The standard InChI is InChI=1S/C21H30N4O2/c1-3-17-14-24(12-5-13-25(17)20(26)27)18-8-10-21(15-22,11-9-18)19-7-4-6-16(2)23-19/h4,6-7,17-18H,3,5,8-14H2,1-2H3,(H,26,27). The van der Waals surface area contributed by atoms with Crippen molar-refractivity contribution >= 4 is 6.09 Å². The number of carbonyl (C=O) groups is 1. The summed E-state index contributed by atoms with van der Waals surface area (Å²) >= 11 is 0. The van der Waals surface area contributed by atoms with Gasteiger partial charge in [-0.2, -0.15) is 5.26 Å². The number of pyridine rings is 1. The summed E-state index contributed by atoms with van der Waals surface area (Å²) in [7, 11) is 0. The molecule has 1 aliphatic heterocycles. The fraction of sp³-hybridized carbons (Fsp3) is 0.667. The van der Waals surface area contributed by atoms with Crippen LogP contribution in [-0.2, 0) is 5.41 Å². The van der Waals surface area contributed by atoms with Crippen LogP contribution in [0, 0.1) is 18.3 Å². The van der Waals surface area contributed by atoms with Gasteiger partial charge in [-0.05, 0) is 57.6 Å². The van der Waals surface area contributed by atoms with E-state index in [0.29, 0.717) is 12.6 Å². The largest absolute Gasteiger partial charge is 0.465 e. The van der Waals surface area contributed by atoms with Crippen molar-refractivity contribution in [1.82, 2.24) is 14.8 Å². The van der Waals surface area contributed by atoms with E-state index in [1.807, 2.05) is 25.1 Å². The first-order valence-corrected chi connectivity index (χ1v) is 10.1. The maximum atomic E-state index is 11.5. The highest BCUT2D eigenvalue weighted by molar-refractivity contribution is 5.65. The van der Waals surface area contributed by atoms with Gasteiger partial charge in [0.1, 0.15) is 0 Å². The molecule has 146 valence electrons. The van der Waals surface area contributed by atoms with Crippen LogP contribution in [0.1, 0.15) is 56.8 Å². The van der Waals surface area contributed by atoms with Crippen LogP contribution >= 0.6 is 0 Å². The number of amides is 1. The van der Waals surface area contributed by atoms with Gasteiger partial charge in [0.2, 0.25) is 0 Å². The predicted octanol–water partition coefficient (Wildman–Crippen LogP) is 3.56. The molecule has 2 fully saturated rings. The summed E-state index contributed by atoms with van der Waals surface area (Å²) in [6, 6.07) is 9.01. The third-order valence-corrected chi connectivity index (χ3v) is 6.37. The summed E-state index contributed by atoms with van der Waals surface area (Å²) in [6.45, 7) is 6.39. The maximum Gasteiger partial charge on any atom is 0.407 e. The Morgan fingerprint density at radius 1 is 1.37 bits per heavy atom. The van der Waals surface area contributed by atoms with Crippen molar-refractivity contribution in [1.29, 1.82) is 5.26 Å². The topological polar surface area (TPSA) is 80.5 Å². The maximum absolute atomic E-state index is 11.5. The van der Waals surface area contributed by atoms with E-state index >= 15 is 0 Å². The SMILES string of the molecule is CCC1CN(C2CCC(C#N)(c3cccc(C)n3)CC2)CCCN1C(=O)O. The molecule has 1 atom stereocenters. The Kier molecular flexibility index (Phi) is 6.01. The second kappa shape index (κ2) is 8.26. The predicted molar refractivity (Wildman–Crippen MR) is 104 cm³/mol. The van der Waals surface area contributed by atoms with Crippen LogP contribution in [0.25, 0.3) is 0 Å². The van der Waals surface area contributed by atoms with Gasteiger partial charge in [0.15, 0.2) is 0 Å². The first kappa shape index (κ1) is 19.6. The van der Waals surface area contributed by atoms with Crippen molar-refractivity contribution in [3.05, 3.63) is 29.6 Å². The first-order chi connectivity index (χ1) is 13.0. The molecule has 27 heavy (non-hydrogen) atoms. The summed E-state index contributed by atoms with van der Waals surface area (Å²) in [5, 5.41) is 19.4. The van der Waals surface area contributed by atoms with Crippen LogP contribution < -0.4 is 0 Å². The van der Waals surface area contributed by atoms with Crippen LogP contribution in [0.15, 0.2) is 18.2 Å². The Bertz CT molecular complexity index is 706. The Morgan fingerprint density at radius 2 is 2.11 bits per heavy atom. The molecule has 3 rings (SSSR count). The Hall–Kier alpha value is -2.13. The lowest BCUT2D eigenvalue weighted by atomic mass is 9.70. The van der Waals surface area contributed by atoms with Crippen molar-refractivity contribution < 1.29 is 9.90 Å². The van der Waals surface area contributed by atoms with Gasteiger partial charge in [0, 0.05) is 37.4 Å². The average Bonchev–Trinajstić information content (AvgIpc) is 2.90. The number of nitriles is 1. The number of rotatable bonds is 3. The number of aromatic nitrogens is 1. The van der Waals surface area contributed by atoms with Crippen molar-refractivity contribution in [2.75, 3.05) is 19.6 Å². The van der Waals surface area contributed by atoms with E-state index in [4.69, 9.17) is 0 Å². The normalized spacial score (nSPS) is 29.7. The number of nitrogens with zero attached hydrogens (tertiary/aromatic N) is 4. The molecule has 0 bridgehead atoms. The zero-order valence-electron chi connectivity index (χ0n) is 16.4. The molecule has 1 aromatic heterocycles. The van der Waals surface area contributed by atoms with Crippen LogP contribution in [-0.4, -0.2) is 57.7 Å². The molecular weight excluding hydrogens is 340 g/mol. The van der Waals surface area contributed by atoms with E-state index in [-0.39, 0.29) is 6.04 Å². The van der Waals surface area contributed by atoms with E-state index in [1.54, 1.807) is 4.90 Å². The summed E-state index contributed by atoms with van der Waals surface area (Å²) < 4.78 is 0. The summed E-state index contributed by atoms with van der Waals surface area (Å²) in [6.07, 6.45) is 4.48. The highest BCUT2D eigenvalue weighted by atomic mass is 16.4. The van der Waals surface area contributed by atoms with Crippen LogP contribution in [0.3, 0.4) is 0 Å². The molecule has 1 saturated heterocycles. The molecule has 2 aliphatic rings. The van der Waals surface area contributed by atoms with Crippen molar-refractivity contribution in [3.63, 3.8) is 0 Å². The molecule has 6 nitrogen and oxygen atoms in total. The minimum absolute atomic E-state index is 0.0612. The molecule has 0 spiro atoms. The number of hydrogen-bond acceptors (Lipinski definition) is 4. The second-order valence-corrected chi connectivity index (χ2v) is 7.98. The summed E-state index contributed by atoms with van der Waals surface area (Å²) in [5.41, 5.74) is 1.38. The van der Waals surface area contributed by atoms with Gasteiger partial charge in [-0.15, -0.1) is 0 Å². The molecule has 1 amide bonds. The molecule has 1 N–H and O–H groups in total. The molecule has 0 radical (unpaired) electrons. The molecule has 1 aromatic rings. The van der Waals surface area contributed by atoms with E-state index < -0.39 is 11.5 Å². The third-order valence-electron chi connectivity index (χ3n) is 6.37. The fourth-order valence-corrected chi connectivity index (χ4v) is 4.72. The van der Waals surface area contributed by atoms with Gasteiger partial charge < -0.3 is 10.0 Å².